The number of thioether (sulfide) groups is 1. The molecule has 1 aliphatic heterocycles. The maximum atomic E-state index is 13.3. The van der Waals surface area contributed by atoms with Crippen LogP contribution in [0.15, 0.2) is 71.1 Å². The zero-order chi connectivity index (χ0) is 21.8. The van der Waals surface area contributed by atoms with Gasteiger partial charge in [0, 0.05) is 12.0 Å². The Labute approximate surface area is 193 Å². The lowest BCUT2D eigenvalue weighted by molar-refractivity contribution is -0.123. The fraction of sp³-hybridized carbons (Fsp3) is 0.136. The third kappa shape index (κ3) is 5.07. The number of nitrogens with one attached hydrogen (secondary N) is 1. The third-order valence-corrected chi connectivity index (χ3v) is 6.80. The molecular formula is C22H18N4O2S3. The minimum atomic E-state index is -0.375. The lowest BCUT2D eigenvalue weighted by Crippen LogP contribution is -2.28. The van der Waals surface area contributed by atoms with Crippen LogP contribution in [0.25, 0.3) is 0 Å². The molecule has 0 spiro atoms. The van der Waals surface area contributed by atoms with Crippen molar-refractivity contribution >= 4 is 56.6 Å². The zero-order valence-corrected chi connectivity index (χ0v) is 19.0. The second-order valence-electron chi connectivity index (χ2n) is 6.80. The van der Waals surface area contributed by atoms with E-state index in [0.29, 0.717) is 32.9 Å². The van der Waals surface area contributed by atoms with E-state index < -0.39 is 0 Å². The van der Waals surface area contributed by atoms with Gasteiger partial charge in [-0.2, -0.15) is 0 Å². The number of nitrogens with zero attached hydrogens (tertiary/aromatic N) is 3. The summed E-state index contributed by atoms with van der Waals surface area (Å²) in [6.45, 7) is 2.18. The molecule has 156 valence electrons. The Hall–Kier alpha value is -2.88. The van der Waals surface area contributed by atoms with Crippen molar-refractivity contribution in [2.45, 2.75) is 19.9 Å². The summed E-state index contributed by atoms with van der Waals surface area (Å²) in [6.07, 6.45) is 0.306. The smallest absolute Gasteiger partial charge is 0.266 e. The molecule has 2 heterocycles. The Bertz CT molecular complexity index is 1160. The minimum Gasteiger partial charge on any atom is -0.297 e. The summed E-state index contributed by atoms with van der Waals surface area (Å²) in [6, 6.07) is 19.2. The van der Waals surface area contributed by atoms with Gasteiger partial charge in [-0.3, -0.25) is 19.8 Å². The van der Waals surface area contributed by atoms with Gasteiger partial charge in [0.25, 0.3) is 11.8 Å². The van der Waals surface area contributed by atoms with Gasteiger partial charge in [-0.05, 0) is 18.1 Å². The van der Waals surface area contributed by atoms with Crippen molar-refractivity contribution in [1.82, 2.24) is 15.1 Å². The lowest BCUT2D eigenvalue weighted by Gasteiger charge is -2.15. The molecule has 1 aliphatic rings. The van der Waals surface area contributed by atoms with Crippen LogP contribution in [0, 0.1) is 6.92 Å². The van der Waals surface area contributed by atoms with E-state index in [-0.39, 0.29) is 11.8 Å². The number of aryl methyl sites for hydroxylation is 1. The van der Waals surface area contributed by atoms with Gasteiger partial charge >= 0.3 is 0 Å². The van der Waals surface area contributed by atoms with Crippen molar-refractivity contribution in [3.05, 3.63) is 87.3 Å². The fourth-order valence-electron chi connectivity index (χ4n) is 3.07. The van der Waals surface area contributed by atoms with E-state index in [2.05, 4.69) is 15.5 Å². The molecule has 3 aromatic rings. The van der Waals surface area contributed by atoms with Crippen molar-refractivity contribution in [1.29, 1.82) is 0 Å². The van der Waals surface area contributed by atoms with Crippen molar-refractivity contribution < 1.29 is 9.59 Å². The standard InChI is InChI=1S/C22H18N4O2S3/c1-14-24-25-21(30-14)23-19(27)17(12-15-8-4-2-5-9-15)18-20(28)26(22(29)31-18)13-16-10-6-3-7-11-16/h2-11H,12-13H2,1H3,(H,23,25,27)/b18-17+. The normalized spacial score (nSPS) is 15.3. The van der Waals surface area contributed by atoms with Gasteiger partial charge in [0.1, 0.15) is 9.33 Å². The topological polar surface area (TPSA) is 75.2 Å². The number of amides is 2. The molecule has 6 nitrogen and oxygen atoms in total. The van der Waals surface area contributed by atoms with Crippen LogP contribution >= 0.6 is 35.3 Å². The van der Waals surface area contributed by atoms with Crippen LogP contribution < -0.4 is 5.32 Å². The summed E-state index contributed by atoms with van der Waals surface area (Å²) in [7, 11) is 0. The van der Waals surface area contributed by atoms with E-state index in [1.165, 1.54) is 28.0 Å². The maximum Gasteiger partial charge on any atom is 0.266 e. The zero-order valence-electron chi connectivity index (χ0n) is 16.6. The molecule has 31 heavy (non-hydrogen) atoms. The van der Waals surface area contributed by atoms with Crippen molar-refractivity contribution in [3.8, 4) is 0 Å². The van der Waals surface area contributed by atoms with Gasteiger partial charge in [0.15, 0.2) is 0 Å². The summed E-state index contributed by atoms with van der Waals surface area (Å²) in [5.41, 5.74) is 2.26. The lowest BCUT2D eigenvalue weighted by atomic mass is 10.0. The first-order valence-corrected chi connectivity index (χ1v) is 11.5. The Morgan fingerprint density at radius 2 is 1.68 bits per heavy atom. The number of rotatable bonds is 6. The Kier molecular flexibility index (Phi) is 6.55. The van der Waals surface area contributed by atoms with Gasteiger partial charge in [-0.15, -0.1) is 10.2 Å². The van der Waals surface area contributed by atoms with Gasteiger partial charge in [-0.25, -0.2) is 0 Å². The second kappa shape index (κ2) is 9.51. The molecule has 0 aliphatic carbocycles. The molecule has 1 saturated heterocycles. The largest absolute Gasteiger partial charge is 0.297 e. The van der Waals surface area contributed by atoms with Gasteiger partial charge in [-0.1, -0.05) is 96.0 Å². The van der Waals surface area contributed by atoms with Crippen LogP contribution in [-0.2, 0) is 22.6 Å². The SMILES string of the molecule is Cc1nnc(NC(=O)/C(Cc2ccccc2)=C2/SC(=S)N(Cc3ccccc3)C2=O)s1. The van der Waals surface area contributed by atoms with Crippen molar-refractivity contribution in [2.24, 2.45) is 0 Å². The van der Waals surface area contributed by atoms with E-state index in [1.807, 2.05) is 67.6 Å². The van der Waals surface area contributed by atoms with E-state index in [4.69, 9.17) is 12.2 Å². The molecule has 0 saturated carbocycles. The molecule has 0 unspecified atom stereocenters. The highest BCUT2D eigenvalue weighted by Gasteiger charge is 2.36. The Morgan fingerprint density at radius 1 is 1.03 bits per heavy atom. The maximum absolute atomic E-state index is 13.3. The number of thiocarbonyl (C=S) groups is 1. The molecule has 4 rings (SSSR count). The minimum absolute atomic E-state index is 0.256. The molecule has 2 amide bonds. The van der Waals surface area contributed by atoms with E-state index in [1.54, 1.807) is 0 Å². The number of carbonyl (C=O) groups excluding carboxylic acids is 2. The number of carbonyl (C=O) groups is 2. The molecule has 1 aromatic heterocycles. The molecule has 2 aromatic carbocycles. The van der Waals surface area contributed by atoms with Gasteiger partial charge in [0.05, 0.1) is 11.4 Å². The average molecular weight is 467 g/mol. The number of aromatic nitrogens is 2. The van der Waals surface area contributed by atoms with E-state index in [0.717, 1.165) is 16.1 Å². The Morgan fingerprint density at radius 3 is 2.29 bits per heavy atom. The third-order valence-electron chi connectivity index (χ3n) is 4.55. The Balaban J connectivity index is 1.66. The van der Waals surface area contributed by atoms with Crippen LogP contribution in [-0.4, -0.2) is 31.2 Å². The van der Waals surface area contributed by atoms with Crippen molar-refractivity contribution in [2.75, 3.05) is 5.32 Å². The number of anilines is 1. The van der Waals surface area contributed by atoms with Crippen molar-refractivity contribution in [3.63, 3.8) is 0 Å². The molecule has 9 heteroatoms. The highest BCUT2D eigenvalue weighted by molar-refractivity contribution is 8.26. The number of benzene rings is 2. The van der Waals surface area contributed by atoms with E-state index >= 15 is 0 Å². The molecule has 0 atom stereocenters. The first kappa shape index (κ1) is 21.4. The summed E-state index contributed by atoms with van der Waals surface area (Å²) in [5, 5.41) is 11.8. The highest BCUT2D eigenvalue weighted by Crippen LogP contribution is 2.36. The monoisotopic (exact) mass is 466 g/mol. The predicted molar refractivity (Wildman–Crippen MR) is 128 cm³/mol. The fourth-order valence-corrected chi connectivity index (χ4v) is 4.97. The number of hydrogen-bond acceptors (Lipinski definition) is 7. The summed E-state index contributed by atoms with van der Waals surface area (Å²) in [4.78, 5) is 28.3. The second-order valence-corrected chi connectivity index (χ2v) is 9.62. The highest BCUT2D eigenvalue weighted by atomic mass is 32.2. The first-order chi connectivity index (χ1) is 15.0. The molecular weight excluding hydrogens is 448 g/mol. The van der Waals surface area contributed by atoms with Gasteiger partial charge < -0.3 is 0 Å². The van der Waals surface area contributed by atoms with Crippen LogP contribution in [0.2, 0.25) is 0 Å². The number of hydrogen-bond donors (Lipinski definition) is 1. The van der Waals surface area contributed by atoms with Crippen LogP contribution in [0.5, 0.6) is 0 Å². The quantitative estimate of drug-likeness (QED) is 0.430. The summed E-state index contributed by atoms with van der Waals surface area (Å²) < 4.78 is 0.439. The van der Waals surface area contributed by atoms with E-state index in [9.17, 15) is 9.59 Å². The van der Waals surface area contributed by atoms with Crippen LogP contribution in [0.1, 0.15) is 16.1 Å². The summed E-state index contributed by atoms with van der Waals surface area (Å²) >= 11 is 7.93. The van der Waals surface area contributed by atoms with Crippen LogP contribution in [0.3, 0.4) is 0 Å². The predicted octanol–water partition coefficient (Wildman–Crippen LogP) is 4.34. The van der Waals surface area contributed by atoms with Gasteiger partial charge in [0.2, 0.25) is 5.13 Å². The molecule has 0 radical (unpaired) electrons. The summed E-state index contributed by atoms with van der Waals surface area (Å²) in [5.74, 6) is -0.631. The average Bonchev–Trinajstić information content (AvgIpc) is 3.30. The van der Waals surface area contributed by atoms with Crippen LogP contribution in [0.4, 0.5) is 5.13 Å². The first-order valence-electron chi connectivity index (χ1n) is 9.47. The molecule has 1 N–H and O–H groups in total. The molecule has 1 fully saturated rings. The molecule has 0 bridgehead atoms.